The van der Waals surface area contributed by atoms with E-state index in [1.165, 1.54) is 6.08 Å². The van der Waals surface area contributed by atoms with Gasteiger partial charge < -0.3 is 9.73 Å². The minimum atomic E-state index is -0.305. The molecule has 0 fully saturated rings. The Kier molecular flexibility index (Phi) is 4.94. The molecule has 0 aliphatic heterocycles. The molecule has 0 radical (unpaired) electrons. The van der Waals surface area contributed by atoms with Crippen LogP contribution in [0.3, 0.4) is 0 Å². The van der Waals surface area contributed by atoms with Gasteiger partial charge in [0.15, 0.2) is 0 Å². The minimum absolute atomic E-state index is 0.305. The van der Waals surface area contributed by atoms with Crippen LogP contribution in [0.5, 0.6) is 0 Å². The Labute approximate surface area is 171 Å². The molecule has 0 saturated carbocycles. The molecule has 4 rings (SSSR count). The second-order valence-corrected chi connectivity index (χ2v) is 6.98. The number of amides is 1. The molecule has 1 N–H and O–H groups in total. The van der Waals surface area contributed by atoms with Crippen molar-refractivity contribution in [2.24, 2.45) is 0 Å². The lowest BCUT2D eigenvalue weighted by Gasteiger charge is -2.07. The number of hydrogen-bond acceptors (Lipinski definition) is 3. The molecule has 0 saturated heterocycles. The fourth-order valence-electron chi connectivity index (χ4n) is 2.87. The van der Waals surface area contributed by atoms with E-state index in [4.69, 9.17) is 32.6 Å². The normalized spacial score (nSPS) is 11.4. The topological polar surface area (TPSA) is 59.5 Å². The van der Waals surface area contributed by atoms with Crippen LogP contribution in [0.2, 0.25) is 10.0 Å². The van der Waals surface area contributed by atoms with Gasteiger partial charge in [0.05, 0.1) is 16.3 Å². The van der Waals surface area contributed by atoms with E-state index in [1.807, 2.05) is 35.7 Å². The van der Waals surface area contributed by atoms with Crippen LogP contribution in [0.25, 0.3) is 23.0 Å². The van der Waals surface area contributed by atoms with Gasteiger partial charge in [-0.3, -0.25) is 9.20 Å². The highest BCUT2D eigenvalue weighted by Crippen LogP contribution is 2.33. The summed E-state index contributed by atoms with van der Waals surface area (Å²) in [5.74, 6) is 0.834. The predicted molar refractivity (Wildman–Crippen MR) is 112 cm³/mol. The van der Waals surface area contributed by atoms with Crippen LogP contribution >= 0.6 is 23.2 Å². The van der Waals surface area contributed by atoms with E-state index in [0.29, 0.717) is 27.3 Å². The first-order chi connectivity index (χ1) is 13.5. The Bertz CT molecular complexity index is 1190. The maximum atomic E-state index is 12.5. The summed E-state index contributed by atoms with van der Waals surface area (Å²) >= 11 is 12.2. The molecule has 0 spiro atoms. The SMILES string of the molecule is Cc1cccn2c(NC(=O)/C=C/c3ccco3)c(-c3ccc(Cl)c(Cl)c3)nc12. The number of hydrogen-bond donors (Lipinski definition) is 1. The number of rotatable bonds is 4. The van der Waals surface area contributed by atoms with Crippen molar-refractivity contribution < 1.29 is 9.21 Å². The highest BCUT2D eigenvalue weighted by atomic mass is 35.5. The third-order valence-electron chi connectivity index (χ3n) is 4.22. The molecule has 0 aliphatic rings. The number of carbonyl (C=O) groups excluding carboxylic acids is 1. The van der Waals surface area contributed by atoms with E-state index < -0.39 is 0 Å². The maximum Gasteiger partial charge on any atom is 0.249 e. The number of nitrogens with one attached hydrogen (secondary N) is 1. The minimum Gasteiger partial charge on any atom is -0.465 e. The predicted octanol–water partition coefficient (Wildman–Crippen LogP) is 5.86. The Morgan fingerprint density at radius 1 is 1.18 bits per heavy atom. The number of imidazole rings is 1. The first-order valence-electron chi connectivity index (χ1n) is 8.48. The summed E-state index contributed by atoms with van der Waals surface area (Å²) in [5, 5.41) is 3.79. The van der Waals surface area contributed by atoms with Crippen LogP contribution in [-0.2, 0) is 4.79 Å². The van der Waals surface area contributed by atoms with Gasteiger partial charge in [0.25, 0.3) is 0 Å². The van der Waals surface area contributed by atoms with Crippen molar-refractivity contribution in [3.63, 3.8) is 0 Å². The zero-order valence-electron chi connectivity index (χ0n) is 14.8. The molecule has 0 bridgehead atoms. The second kappa shape index (κ2) is 7.54. The van der Waals surface area contributed by atoms with Crippen molar-refractivity contribution in [2.75, 3.05) is 5.32 Å². The maximum absolute atomic E-state index is 12.5. The lowest BCUT2D eigenvalue weighted by molar-refractivity contribution is -0.111. The number of halogens is 2. The van der Waals surface area contributed by atoms with E-state index >= 15 is 0 Å². The van der Waals surface area contributed by atoms with Crippen molar-refractivity contribution in [2.45, 2.75) is 6.92 Å². The Morgan fingerprint density at radius 2 is 2.04 bits per heavy atom. The van der Waals surface area contributed by atoms with Gasteiger partial charge in [-0.1, -0.05) is 35.3 Å². The number of aryl methyl sites for hydroxylation is 1. The van der Waals surface area contributed by atoms with Gasteiger partial charge in [-0.15, -0.1) is 0 Å². The molecule has 5 nitrogen and oxygen atoms in total. The third-order valence-corrected chi connectivity index (χ3v) is 4.96. The number of nitrogens with zero attached hydrogens (tertiary/aromatic N) is 2. The van der Waals surface area contributed by atoms with Crippen LogP contribution < -0.4 is 5.32 Å². The van der Waals surface area contributed by atoms with Gasteiger partial charge in [-0.2, -0.15) is 0 Å². The summed E-state index contributed by atoms with van der Waals surface area (Å²) in [7, 11) is 0. The van der Waals surface area contributed by atoms with Gasteiger partial charge in [0, 0.05) is 17.8 Å². The molecule has 1 aromatic carbocycles. The summed E-state index contributed by atoms with van der Waals surface area (Å²) in [6.45, 7) is 1.96. The summed E-state index contributed by atoms with van der Waals surface area (Å²) < 4.78 is 7.05. The van der Waals surface area contributed by atoms with Gasteiger partial charge in [0.1, 0.15) is 22.9 Å². The van der Waals surface area contributed by atoms with Crippen molar-refractivity contribution in [1.29, 1.82) is 0 Å². The molecule has 3 aromatic heterocycles. The van der Waals surface area contributed by atoms with Gasteiger partial charge in [-0.25, -0.2) is 4.98 Å². The molecule has 0 unspecified atom stereocenters. The van der Waals surface area contributed by atoms with Crippen molar-refractivity contribution >= 4 is 46.7 Å². The summed E-state index contributed by atoms with van der Waals surface area (Å²) in [6, 6.07) is 12.6. The number of aromatic nitrogens is 2. The summed E-state index contributed by atoms with van der Waals surface area (Å²) in [4.78, 5) is 17.2. The molecule has 28 heavy (non-hydrogen) atoms. The first-order valence-corrected chi connectivity index (χ1v) is 9.24. The number of benzene rings is 1. The highest BCUT2D eigenvalue weighted by molar-refractivity contribution is 6.42. The smallest absolute Gasteiger partial charge is 0.249 e. The van der Waals surface area contributed by atoms with Gasteiger partial charge in [-0.05, 0) is 48.9 Å². The monoisotopic (exact) mass is 411 g/mol. The summed E-state index contributed by atoms with van der Waals surface area (Å²) in [6.07, 6.45) is 6.41. The first kappa shape index (κ1) is 18.3. The second-order valence-electron chi connectivity index (χ2n) is 6.16. The van der Waals surface area contributed by atoms with Gasteiger partial charge in [0.2, 0.25) is 5.91 Å². The average Bonchev–Trinajstić information content (AvgIpc) is 3.32. The molecule has 1 amide bonds. The largest absolute Gasteiger partial charge is 0.465 e. The molecular weight excluding hydrogens is 397 g/mol. The van der Waals surface area contributed by atoms with E-state index in [0.717, 1.165) is 16.8 Å². The lowest BCUT2D eigenvalue weighted by atomic mass is 10.1. The number of pyridine rings is 1. The van der Waals surface area contributed by atoms with Crippen LogP contribution in [0.1, 0.15) is 11.3 Å². The molecule has 4 aromatic rings. The molecular formula is C21H15Cl2N3O2. The van der Waals surface area contributed by atoms with Crippen LogP contribution in [0, 0.1) is 6.92 Å². The Balaban J connectivity index is 1.78. The number of furan rings is 1. The van der Waals surface area contributed by atoms with Crippen molar-refractivity contribution in [1.82, 2.24) is 9.38 Å². The van der Waals surface area contributed by atoms with E-state index in [9.17, 15) is 4.79 Å². The zero-order chi connectivity index (χ0) is 19.7. The van der Waals surface area contributed by atoms with Crippen LogP contribution in [0.4, 0.5) is 5.82 Å². The van der Waals surface area contributed by atoms with Crippen LogP contribution in [0.15, 0.2) is 65.4 Å². The van der Waals surface area contributed by atoms with Crippen molar-refractivity contribution in [3.8, 4) is 11.3 Å². The number of anilines is 1. The van der Waals surface area contributed by atoms with Crippen LogP contribution in [-0.4, -0.2) is 15.3 Å². The lowest BCUT2D eigenvalue weighted by Crippen LogP contribution is -2.10. The Morgan fingerprint density at radius 3 is 2.79 bits per heavy atom. The van der Waals surface area contributed by atoms with Gasteiger partial charge >= 0.3 is 0 Å². The molecule has 3 heterocycles. The van der Waals surface area contributed by atoms with E-state index in [-0.39, 0.29) is 5.91 Å². The molecule has 140 valence electrons. The molecule has 0 aliphatic carbocycles. The van der Waals surface area contributed by atoms with Crippen molar-refractivity contribution in [3.05, 3.63) is 82.4 Å². The third kappa shape index (κ3) is 3.54. The fraction of sp³-hybridized carbons (Fsp3) is 0.0476. The molecule has 7 heteroatoms. The summed E-state index contributed by atoms with van der Waals surface area (Å²) in [5.41, 5.74) is 3.08. The number of carbonyl (C=O) groups is 1. The average molecular weight is 412 g/mol. The quantitative estimate of drug-likeness (QED) is 0.427. The number of fused-ring (bicyclic) bond motifs is 1. The molecule has 0 atom stereocenters. The zero-order valence-corrected chi connectivity index (χ0v) is 16.3. The highest BCUT2D eigenvalue weighted by Gasteiger charge is 2.17. The fourth-order valence-corrected chi connectivity index (χ4v) is 3.17. The standard InChI is InChI=1S/C21H15Cl2N3O2/c1-13-4-2-10-26-20(13)25-19(14-6-8-16(22)17(23)12-14)21(26)24-18(27)9-7-15-5-3-11-28-15/h2-12H,1H3,(H,24,27)/b9-7+. The van der Waals surface area contributed by atoms with E-state index in [1.54, 1.807) is 36.6 Å². The Hall–Kier alpha value is -3.02. The van der Waals surface area contributed by atoms with E-state index in [2.05, 4.69) is 5.32 Å².